The molecule has 1 heterocycles. The molecule has 0 spiro atoms. The summed E-state index contributed by atoms with van der Waals surface area (Å²) in [7, 11) is 0. The number of fused-ring (bicyclic) bond motifs is 1. The predicted octanol–water partition coefficient (Wildman–Crippen LogP) is 4.15. The number of ether oxygens (including phenoxy) is 1. The van der Waals surface area contributed by atoms with E-state index in [1.165, 1.54) is 0 Å². The third-order valence-electron chi connectivity index (χ3n) is 4.99. The number of aromatic nitrogens is 2. The van der Waals surface area contributed by atoms with E-state index in [2.05, 4.69) is 23.5 Å². The summed E-state index contributed by atoms with van der Waals surface area (Å²) in [4.78, 5) is 4.70. The number of aliphatic hydroxyl groups is 1. The molecule has 4 rings (SSSR count). The highest BCUT2D eigenvalue weighted by atomic mass is 16.5. The zero-order valence-corrected chi connectivity index (χ0v) is 17.1. The fourth-order valence-corrected chi connectivity index (χ4v) is 3.42. The van der Waals surface area contributed by atoms with Crippen LogP contribution >= 0.6 is 0 Å². The lowest BCUT2D eigenvalue weighted by atomic mass is 10.2. The number of nitrogens with one attached hydrogen (secondary N) is 1. The number of rotatable bonds is 9. The van der Waals surface area contributed by atoms with Crippen LogP contribution in [0.4, 0.5) is 5.95 Å². The lowest BCUT2D eigenvalue weighted by Gasteiger charge is -2.16. The minimum absolute atomic E-state index is 0.155. The van der Waals surface area contributed by atoms with E-state index in [1.54, 1.807) is 0 Å². The van der Waals surface area contributed by atoms with Gasteiger partial charge in [-0.2, -0.15) is 5.26 Å². The van der Waals surface area contributed by atoms with Crippen molar-refractivity contribution in [2.75, 3.05) is 11.9 Å². The second-order valence-corrected chi connectivity index (χ2v) is 7.32. The van der Waals surface area contributed by atoms with E-state index in [4.69, 9.17) is 15.0 Å². The summed E-state index contributed by atoms with van der Waals surface area (Å²) in [5.41, 5.74) is 3.93. The molecule has 0 aliphatic carbocycles. The minimum Gasteiger partial charge on any atom is -0.491 e. The Bertz CT molecular complexity index is 1160. The first-order chi connectivity index (χ1) is 15.2. The average Bonchev–Trinajstić information content (AvgIpc) is 3.15. The Kier molecular flexibility index (Phi) is 6.46. The van der Waals surface area contributed by atoms with E-state index in [9.17, 15) is 5.11 Å². The molecule has 0 aliphatic rings. The number of imidazole rings is 1. The van der Waals surface area contributed by atoms with E-state index in [1.807, 2.05) is 71.3 Å². The molecule has 1 unspecified atom stereocenters. The van der Waals surface area contributed by atoms with Crippen molar-refractivity contribution in [1.29, 1.82) is 5.26 Å². The minimum atomic E-state index is -0.714. The molecule has 2 N–H and O–H groups in total. The van der Waals surface area contributed by atoms with Gasteiger partial charge in [0.05, 0.1) is 30.1 Å². The van der Waals surface area contributed by atoms with Gasteiger partial charge in [0, 0.05) is 6.54 Å². The van der Waals surface area contributed by atoms with E-state index in [0.717, 1.165) is 22.2 Å². The smallest absolute Gasteiger partial charge is 0.204 e. The van der Waals surface area contributed by atoms with Gasteiger partial charge >= 0.3 is 0 Å². The molecular formula is C25H24N4O2. The van der Waals surface area contributed by atoms with Gasteiger partial charge in [0.25, 0.3) is 0 Å². The number of nitriles is 1. The van der Waals surface area contributed by atoms with Crippen LogP contribution in [0.5, 0.6) is 5.75 Å². The molecule has 0 saturated carbocycles. The van der Waals surface area contributed by atoms with Gasteiger partial charge in [0.2, 0.25) is 5.95 Å². The number of nitrogens with zero attached hydrogens (tertiary/aromatic N) is 3. The van der Waals surface area contributed by atoms with Crippen molar-refractivity contribution in [3.05, 3.63) is 90.0 Å². The van der Waals surface area contributed by atoms with Crippen LogP contribution in [0.25, 0.3) is 11.0 Å². The monoisotopic (exact) mass is 412 g/mol. The fourth-order valence-electron chi connectivity index (χ4n) is 3.42. The Morgan fingerprint density at radius 1 is 0.968 bits per heavy atom. The number of hydrogen-bond acceptors (Lipinski definition) is 5. The molecule has 0 saturated heterocycles. The van der Waals surface area contributed by atoms with Crippen LogP contribution in [-0.4, -0.2) is 27.4 Å². The highest BCUT2D eigenvalue weighted by Crippen LogP contribution is 2.21. The van der Waals surface area contributed by atoms with Gasteiger partial charge in [-0.3, -0.25) is 0 Å². The number of para-hydroxylation sites is 2. The summed E-state index contributed by atoms with van der Waals surface area (Å²) in [5.74, 6) is 1.38. The van der Waals surface area contributed by atoms with E-state index >= 15 is 0 Å². The molecule has 0 amide bonds. The standard InChI is InChI=1S/C25H24N4O2/c26-15-14-19-10-12-22(13-11-19)31-18-21(30)17-29-24-9-5-4-8-23(24)28-25(29)27-16-20-6-2-1-3-7-20/h1-13,21,30H,14,16-18H2,(H,27,28). The number of aliphatic hydroxyl groups excluding tert-OH is 1. The first-order valence-electron chi connectivity index (χ1n) is 10.2. The van der Waals surface area contributed by atoms with Gasteiger partial charge < -0.3 is 19.7 Å². The van der Waals surface area contributed by atoms with E-state index in [0.29, 0.717) is 31.2 Å². The van der Waals surface area contributed by atoms with Crippen molar-refractivity contribution in [3.63, 3.8) is 0 Å². The molecular weight excluding hydrogens is 388 g/mol. The van der Waals surface area contributed by atoms with E-state index < -0.39 is 6.10 Å². The largest absolute Gasteiger partial charge is 0.491 e. The summed E-state index contributed by atoms with van der Waals surface area (Å²) < 4.78 is 7.73. The molecule has 0 fully saturated rings. The van der Waals surface area contributed by atoms with Crippen LogP contribution in [0, 0.1) is 11.3 Å². The van der Waals surface area contributed by atoms with Crippen molar-refractivity contribution < 1.29 is 9.84 Å². The average molecular weight is 412 g/mol. The summed E-state index contributed by atoms with van der Waals surface area (Å²) >= 11 is 0. The van der Waals surface area contributed by atoms with Crippen LogP contribution in [0.2, 0.25) is 0 Å². The molecule has 6 nitrogen and oxygen atoms in total. The second-order valence-electron chi connectivity index (χ2n) is 7.32. The molecule has 31 heavy (non-hydrogen) atoms. The van der Waals surface area contributed by atoms with Crippen molar-refractivity contribution in [1.82, 2.24) is 9.55 Å². The van der Waals surface area contributed by atoms with Crippen LogP contribution in [0.3, 0.4) is 0 Å². The Hall–Kier alpha value is -3.82. The van der Waals surface area contributed by atoms with Gasteiger partial charge in [-0.1, -0.05) is 54.6 Å². The fraction of sp³-hybridized carbons (Fsp3) is 0.200. The lowest BCUT2D eigenvalue weighted by Crippen LogP contribution is -2.24. The molecule has 1 atom stereocenters. The first kappa shape index (κ1) is 20.5. The van der Waals surface area contributed by atoms with Crippen LogP contribution in [-0.2, 0) is 19.5 Å². The predicted molar refractivity (Wildman–Crippen MR) is 121 cm³/mol. The van der Waals surface area contributed by atoms with Crippen molar-refractivity contribution in [2.45, 2.75) is 25.6 Å². The highest BCUT2D eigenvalue weighted by Gasteiger charge is 2.15. The number of benzene rings is 3. The van der Waals surface area contributed by atoms with Gasteiger partial charge in [-0.25, -0.2) is 4.98 Å². The van der Waals surface area contributed by atoms with Crippen LogP contribution in [0.15, 0.2) is 78.9 Å². The van der Waals surface area contributed by atoms with Gasteiger partial charge in [0.15, 0.2) is 0 Å². The number of hydrogen-bond donors (Lipinski definition) is 2. The molecule has 156 valence electrons. The maximum absolute atomic E-state index is 10.6. The molecule has 0 aliphatic heterocycles. The third kappa shape index (κ3) is 5.21. The maximum Gasteiger partial charge on any atom is 0.204 e. The molecule has 0 bridgehead atoms. The SMILES string of the molecule is N#CCc1ccc(OCC(O)Cn2c(NCc3ccccc3)nc3ccccc32)cc1. The Labute approximate surface area is 181 Å². The normalized spacial score (nSPS) is 11.7. The molecule has 1 aromatic heterocycles. The lowest BCUT2D eigenvalue weighted by molar-refractivity contribution is 0.0938. The Balaban J connectivity index is 1.44. The first-order valence-corrected chi connectivity index (χ1v) is 10.2. The highest BCUT2D eigenvalue weighted by molar-refractivity contribution is 5.78. The zero-order valence-electron chi connectivity index (χ0n) is 17.1. The van der Waals surface area contributed by atoms with Crippen molar-refractivity contribution in [3.8, 4) is 11.8 Å². The zero-order chi connectivity index (χ0) is 21.5. The van der Waals surface area contributed by atoms with Gasteiger partial charge in [-0.15, -0.1) is 0 Å². The third-order valence-corrected chi connectivity index (χ3v) is 4.99. The van der Waals surface area contributed by atoms with Crippen molar-refractivity contribution in [2.24, 2.45) is 0 Å². The summed E-state index contributed by atoms with van der Waals surface area (Å²) in [6.45, 7) is 1.15. The van der Waals surface area contributed by atoms with E-state index in [-0.39, 0.29) is 6.61 Å². The van der Waals surface area contributed by atoms with Crippen LogP contribution in [0.1, 0.15) is 11.1 Å². The second kappa shape index (κ2) is 9.79. The molecule has 4 aromatic rings. The number of anilines is 1. The molecule has 3 aromatic carbocycles. The van der Waals surface area contributed by atoms with Gasteiger partial charge in [0.1, 0.15) is 18.5 Å². The molecule has 6 heteroatoms. The maximum atomic E-state index is 10.6. The van der Waals surface area contributed by atoms with Gasteiger partial charge in [-0.05, 0) is 35.4 Å². The summed E-state index contributed by atoms with van der Waals surface area (Å²) in [6, 6.07) is 27.5. The molecule has 0 radical (unpaired) electrons. The van der Waals surface area contributed by atoms with Crippen LogP contribution < -0.4 is 10.1 Å². The Morgan fingerprint density at radius 2 is 1.71 bits per heavy atom. The Morgan fingerprint density at radius 3 is 2.48 bits per heavy atom. The summed E-state index contributed by atoms with van der Waals surface area (Å²) in [6.07, 6.45) is -0.344. The summed E-state index contributed by atoms with van der Waals surface area (Å²) in [5, 5.41) is 22.8. The van der Waals surface area contributed by atoms with Crippen molar-refractivity contribution >= 4 is 17.0 Å². The quantitative estimate of drug-likeness (QED) is 0.431. The topological polar surface area (TPSA) is 83.1 Å².